The van der Waals surface area contributed by atoms with Crippen LogP contribution in [0.5, 0.6) is 17.2 Å². The minimum atomic E-state index is -0.857. The van der Waals surface area contributed by atoms with Crippen molar-refractivity contribution in [3.8, 4) is 17.2 Å². The van der Waals surface area contributed by atoms with Gasteiger partial charge < -0.3 is 14.6 Å². The second kappa shape index (κ2) is 9.16. The van der Waals surface area contributed by atoms with Crippen molar-refractivity contribution in [3.05, 3.63) is 51.1 Å². The van der Waals surface area contributed by atoms with Crippen LogP contribution in [0.1, 0.15) is 19.4 Å². The number of phenols is 1. The molecule has 0 saturated carbocycles. The topological polar surface area (TPSA) is 105 Å². The number of imide groups is 2. The van der Waals surface area contributed by atoms with Gasteiger partial charge in [-0.3, -0.25) is 14.9 Å². The van der Waals surface area contributed by atoms with Crippen LogP contribution in [0.15, 0.2) is 42.0 Å². The summed E-state index contributed by atoms with van der Waals surface area (Å²) in [6, 6.07) is 8.84. The molecule has 1 aliphatic heterocycles. The van der Waals surface area contributed by atoms with Crippen molar-refractivity contribution in [2.75, 3.05) is 18.1 Å². The summed E-state index contributed by atoms with van der Waals surface area (Å²) in [7, 11) is 0. The molecule has 0 aliphatic carbocycles. The van der Waals surface area contributed by atoms with Crippen LogP contribution in [0.2, 0.25) is 0 Å². The number of barbiturate groups is 1. The molecule has 156 valence electrons. The summed E-state index contributed by atoms with van der Waals surface area (Å²) in [5.41, 5.74) is 0.465. The summed E-state index contributed by atoms with van der Waals surface area (Å²) in [6.45, 7) is 4.23. The minimum absolute atomic E-state index is 0.0264. The largest absolute Gasteiger partial charge is 0.504 e. The standard InChI is InChI=1S/C21H19IN2O6/c1-3-29-16-8-6-5-7-15(16)24-20(27)13(19(26)23-21(24)28)9-12-10-14(22)18(25)17(11-12)30-4-2/h5-11,25H,3-4H2,1-2H3,(H,23,26,28)/b13-9+. The number of ether oxygens (including phenoxy) is 2. The van der Waals surface area contributed by atoms with Gasteiger partial charge in [0, 0.05) is 0 Å². The number of rotatable bonds is 6. The number of hydrogen-bond donors (Lipinski definition) is 2. The molecule has 30 heavy (non-hydrogen) atoms. The Morgan fingerprint density at radius 3 is 2.43 bits per heavy atom. The van der Waals surface area contributed by atoms with E-state index in [2.05, 4.69) is 5.32 Å². The highest BCUT2D eigenvalue weighted by Gasteiger charge is 2.38. The van der Waals surface area contributed by atoms with E-state index in [4.69, 9.17) is 9.47 Å². The fourth-order valence-corrected chi connectivity index (χ4v) is 3.53. The third kappa shape index (κ3) is 4.25. The lowest BCUT2D eigenvalue weighted by Gasteiger charge is -2.27. The number of halogens is 1. The van der Waals surface area contributed by atoms with Crippen molar-refractivity contribution in [1.29, 1.82) is 0 Å². The molecular weight excluding hydrogens is 503 g/mol. The highest BCUT2D eigenvalue weighted by molar-refractivity contribution is 14.1. The first-order valence-electron chi connectivity index (χ1n) is 9.15. The predicted octanol–water partition coefficient (Wildman–Crippen LogP) is 3.46. The van der Waals surface area contributed by atoms with E-state index < -0.39 is 17.8 Å². The lowest BCUT2D eigenvalue weighted by atomic mass is 10.1. The molecule has 1 aliphatic rings. The Morgan fingerprint density at radius 1 is 1.07 bits per heavy atom. The SMILES string of the molecule is CCOc1ccccc1N1C(=O)NC(=O)/C(=C\c2cc(I)c(O)c(OCC)c2)C1=O. The molecule has 2 aromatic rings. The Kier molecular flexibility index (Phi) is 6.60. The first-order chi connectivity index (χ1) is 14.4. The maximum absolute atomic E-state index is 13.1. The van der Waals surface area contributed by atoms with E-state index in [1.807, 2.05) is 22.6 Å². The fourth-order valence-electron chi connectivity index (χ4n) is 2.91. The van der Waals surface area contributed by atoms with Crippen LogP contribution in [-0.4, -0.2) is 36.2 Å². The zero-order chi connectivity index (χ0) is 21.8. The molecule has 0 spiro atoms. The molecule has 0 bridgehead atoms. The molecule has 1 heterocycles. The Labute approximate surface area is 186 Å². The van der Waals surface area contributed by atoms with Gasteiger partial charge in [-0.1, -0.05) is 12.1 Å². The highest BCUT2D eigenvalue weighted by Crippen LogP contribution is 2.35. The van der Waals surface area contributed by atoms with E-state index in [0.29, 0.717) is 28.1 Å². The third-order valence-corrected chi connectivity index (χ3v) is 4.99. The number of phenolic OH excluding ortho intramolecular Hbond substituents is 1. The second-order valence-corrected chi connectivity index (χ2v) is 7.30. The van der Waals surface area contributed by atoms with E-state index in [9.17, 15) is 19.5 Å². The van der Waals surface area contributed by atoms with Crippen molar-refractivity contribution in [2.45, 2.75) is 13.8 Å². The molecule has 0 unspecified atom stereocenters. The smallest absolute Gasteiger partial charge is 0.336 e. The van der Waals surface area contributed by atoms with Gasteiger partial charge in [-0.15, -0.1) is 0 Å². The van der Waals surface area contributed by atoms with Gasteiger partial charge in [0.25, 0.3) is 11.8 Å². The number of para-hydroxylation sites is 2. The number of nitrogens with one attached hydrogen (secondary N) is 1. The van der Waals surface area contributed by atoms with E-state index in [0.717, 1.165) is 4.90 Å². The van der Waals surface area contributed by atoms with Crippen LogP contribution in [0.4, 0.5) is 10.5 Å². The maximum Gasteiger partial charge on any atom is 0.336 e. The van der Waals surface area contributed by atoms with Crippen molar-refractivity contribution in [2.24, 2.45) is 0 Å². The van der Waals surface area contributed by atoms with Gasteiger partial charge >= 0.3 is 6.03 Å². The van der Waals surface area contributed by atoms with Crippen molar-refractivity contribution in [3.63, 3.8) is 0 Å². The van der Waals surface area contributed by atoms with E-state index >= 15 is 0 Å². The van der Waals surface area contributed by atoms with Gasteiger partial charge in [-0.2, -0.15) is 0 Å². The van der Waals surface area contributed by atoms with Crippen LogP contribution >= 0.6 is 22.6 Å². The highest BCUT2D eigenvalue weighted by atomic mass is 127. The van der Waals surface area contributed by atoms with E-state index in [-0.39, 0.29) is 22.8 Å². The van der Waals surface area contributed by atoms with Gasteiger partial charge in [0.1, 0.15) is 11.3 Å². The Bertz CT molecular complexity index is 1050. The number of carbonyl (C=O) groups excluding carboxylic acids is 3. The summed E-state index contributed by atoms with van der Waals surface area (Å²) in [4.78, 5) is 38.8. The molecule has 9 heteroatoms. The molecule has 4 amide bonds. The summed E-state index contributed by atoms with van der Waals surface area (Å²) in [6.07, 6.45) is 1.35. The zero-order valence-corrected chi connectivity index (χ0v) is 18.4. The molecule has 2 N–H and O–H groups in total. The monoisotopic (exact) mass is 522 g/mol. The number of carbonyl (C=O) groups is 3. The molecule has 1 fully saturated rings. The Balaban J connectivity index is 2.05. The second-order valence-electron chi connectivity index (χ2n) is 6.14. The predicted molar refractivity (Wildman–Crippen MR) is 119 cm³/mol. The number of amides is 4. The summed E-state index contributed by atoms with van der Waals surface area (Å²) >= 11 is 1.92. The van der Waals surface area contributed by atoms with Crippen LogP contribution in [0.3, 0.4) is 0 Å². The summed E-state index contributed by atoms with van der Waals surface area (Å²) in [5, 5.41) is 12.3. The van der Waals surface area contributed by atoms with E-state index in [1.54, 1.807) is 44.2 Å². The third-order valence-electron chi connectivity index (χ3n) is 4.17. The number of nitrogens with zero attached hydrogens (tertiary/aromatic N) is 1. The van der Waals surface area contributed by atoms with Crippen molar-refractivity contribution in [1.82, 2.24) is 5.32 Å². The molecule has 1 saturated heterocycles. The number of hydrogen-bond acceptors (Lipinski definition) is 6. The number of anilines is 1. The first-order valence-corrected chi connectivity index (χ1v) is 10.2. The van der Waals surface area contributed by atoms with Gasteiger partial charge in [0.15, 0.2) is 11.5 Å². The number of urea groups is 1. The molecule has 0 aromatic heterocycles. The first kappa shape index (κ1) is 21.6. The van der Waals surface area contributed by atoms with E-state index in [1.165, 1.54) is 12.1 Å². The van der Waals surface area contributed by atoms with Crippen LogP contribution in [0, 0.1) is 3.57 Å². The summed E-state index contributed by atoms with van der Waals surface area (Å²) in [5.74, 6) is -1.04. The van der Waals surface area contributed by atoms with Crippen molar-refractivity contribution < 1.29 is 29.0 Å². The Morgan fingerprint density at radius 2 is 1.73 bits per heavy atom. The normalized spacial score (nSPS) is 15.4. The molecular formula is C21H19IN2O6. The fraction of sp³-hybridized carbons (Fsp3) is 0.190. The number of aromatic hydroxyl groups is 1. The van der Waals surface area contributed by atoms with Gasteiger partial charge in [0.2, 0.25) is 0 Å². The minimum Gasteiger partial charge on any atom is -0.504 e. The summed E-state index contributed by atoms with van der Waals surface area (Å²) < 4.78 is 11.4. The van der Waals surface area contributed by atoms with Crippen LogP contribution in [0.25, 0.3) is 6.08 Å². The Hall–Kier alpha value is -3.08. The molecule has 3 rings (SSSR count). The zero-order valence-electron chi connectivity index (χ0n) is 16.3. The lowest BCUT2D eigenvalue weighted by molar-refractivity contribution is -0.122. The van der Waals surface area contributed by atoms with Crippen LogP contribution in [-0.2, 0) is 9.59 Å². The molecule has 2 aromatic carbocycles. The molecule has 8 nitrogen and oxygen atoms in total. The molecule has 0 atom stereocenters. The maximum atomic E-state index is 13.1. The quantitative estimate of drug-likeness (QED) is 0.342. The van der Waals surface area contributed by atoms with Gasteiger partial charge in [0.05, 0.1) is 22.5 Å². The van der Waals surface area contributed by atoms with Gasteiger partial charge in [-0.05, 0) is 72.3 Å². The van der Waals surface area contributed by atoms with Crippen LogP contribution < -0.4 is 19.7 Å². The lowest BCUT2D eigenvalue weighted by Crippen LogP contribution is -2.54. The van der Waals surface area contributed by atoms with Gasteiger partial charge in [-0.25, -0.2) is 9.69 Å². The molecule has 0 radical (unpaired) electrons. The average Bonchev–Trinajstić information content (AvgIpc) is 2.70. The number of benzene rings is 2. The van der Waals surface area contributed by atoms with Crippen molar-refractivity contribution >= 4 is 52.2 Å². The average molecular weight is 522 g/mol.